The summed E-state index contributed by atoms with van der Waals surface area (Å²) in [5.41, 5.74) is 4.21. The molecule has 0 atom stereocenters. The molecule has 4 heteroatoms. The highest BCUT2D eigenvalue weighted by Crippen LogP contribution is 2.41. The SMILES string of the molecule is COc1cc(-c2c(C)c(C)cc3cc(O)c(OC)cc23)ccc1O. The molecule has 0 radical (unpaired) electrons. The number of aromatic hydroxyl groups is 2. The molecule has 0 bridgehead atoms. The van der Waals surface area contributed by atoms with Crippen LogP contribution in [-0.4, -0.2) is 24.4 Å². The summed E-state index contributed by atoms with van der Waals surface area (Å²) < 4.78 is 10.5. The largest absolute Gasteiger partial charge is 0.504 e. The first-order chi connectivity index (χ1) is 11.5. The molecule has 3 rings (SSSR count). The molecule has 0 heterocycles. The van der Waals surface area contributed by atoms with Crippen LogP contribution in [0.4, 0.5) is 0 Å². The number of aryl methyl sites for hydroxylation is 1. The van der Waals surface area contributed by atoms with Gasteiger partial charge in [0, 0.05) is 0 Å². The van der Waals surface area contributed by atoms with E-state index in [1.165, 1.54) is 14.2 Å². The van der Waals surface area contributed by atoms with Crippen molar-refractivity contribution in [1.82, 2.24) is 0 Å². The Hall–Kier alpha value is -2.88. The minimum Gasteiger partial charge on any atom is -0.504 e. The summed E-state index contributed by atoms with van der Waals surface area (Å²) in [6.07, 6.45) is 0. The topological polar surface area (TPSA) is 58.9 Å². The molecular formula is C20H20O4. The number of hydrogen-bond donors (Lipinski definition) is 2. The van der Waals surface area contributed by atoms with Crippen molar-refractivity contribution >= 4 is 10.8 Å². The van der Waals surface area contributed by atoms with E-state index in [0.717, 1.165) is 33.0 Å². The lowest BCUT2D eigenvalue weighted by Crippen LogP contribution is -1.93. The minimum atomic E-state index is 0.103. The molecule has 0 amide bonds. The quantitative estimate of drug-likeness (QED) is 0.742. The lowest BCUT2D eigenvalue weighted by atomic mass is 9.90. The summed E-state index contributed by atoms with van der Waals surface area (Å²) in [5.74, 6) is 1.07. The highest BCUT2D eigenvalue weighted by atomic mass is 16.5. The third-order valence-electron chi connectivity index (χ3n) is 4.43. The van der Waals surface area contributed by atoms with Crippen LogP contribution < -0.4 is 9.47 Å². The predicted octanol–water partition coefficient (Wildman–Crippen LogP) is 4.55. The molecule has 124 valence electrons. The van der Waals surface area contributed by atoms with Gasteiger partial charge in [-0.05, 0) is 71.1 Å². The number of rotatable bonds is 3. The monoisotopic (exact) mass is 324 g/mol. The molecule has 3 aromatic carbocycles. The zero-order chi connectivity index (χ0) is 17.4. The molecular weight excluding hydrogens is 304 g/mol. The normalized spacial score (nSPS) is 10.8. The Bertz CT molecular complexity index is 929. The maximum atomic E-state index is 10.1. The molecule has 3 aromatic rings. The zero-order valence-corrected chi connectivity index (χ0v) is 14.2. The van der Waals surface area contributed by atoms with E-state index in [4.69, 9.17) is 9.47 Å². The van der Waals surface area contributed by atoms with Crippen molar-refractivity contribution < 1.29 is 19.7 Å². The van der Waals surface area contributed by atoms with Crippen LogP contribution in [0, 0.1) is 13.8 Å². The van der Waals surface area contributed by atoms with Crippen molar-refractivity contribution in [2.24, 2.45) is 0 Å². The Labute approximate surface area is 140 Å². The molecule has 24 heavy (non-hydrogen) atoms. The van der Waals surface area contributed by atoms with Crippen LogP contribution in [0.3, 0.4) is 0 Å². The van der Waals surface area contributed by atoms with Gasteiger partial charge in [0.25, 0.3) is 0 Å². The van der Waals surface area contributed by atoms with Crippen molar-refractivity contribution in [1.29, 1.82) is 0 Å². The second-order valence-electron chi connectivity index (χ2n) is 5.83. The van der Waals surface area contributed by atoms with E-state index in [1.54, 1.807) is 12.1 Å². The van der Waals surface area contributed by atoms with E-state index < -0.39 is 0 Å². The number of methoxy groups -OCH3 is 2. The molecule has 0 aliphatic carbocycles. The van der Waals surface area contributed by atoms with Crippen LogP contribution >= 0.6 is 0 Å². The number of phenols is 2. The molecule has 0 fully saturated rings. The van der Waals surface area contributed by atoms with Crippen molar-refractivity contribution in [3.8, 4) is 34.1 Å². The Kier molecular flexibility index (Phi) is 3.97. The van der Waals surface area contributed by atoms with Gasteiger partial charge in [-0.2, -0.15) is 0 Å². The van der Waals surface area contributed by atoms with E-state index in [9.17, 15) is 10.2 Å². The van der Waals surface area contributed by atoms with Gasteiger partial charge in [0.05, 0.1) is 14.2 Å². The Morgan fingerprint density at radius 2 is 1.46 bits per heavy atom. The second kappa shape index (κ2) is 5.96. The van der Waals surface area contributed by atoms with Gasteiger partial charge in [0.1, 0.15) is 0 Å². The highest BCUT2D eigenvalue weighted by molar-refractivity contribution is 6.01. The number of fused-ring (bicyclic) bond motifs is 1. The van der Waals surface area contributed by atoms with E-state index in [0.29, 0.717) is 11.5 Å². The van der Waals surface area contributed by atoms with E-state index in [2.05, 4.69) is 6.92 Å². The summed E-state index contributed by atoms with van der Waals surface area (Å²) in [6.45, 7) is 4.10. The zero-order valence-electron chi connectivity index (χ0n) is 14.2. The summed E-state index contributed by atoms with van der Waals surface area (Å²) in [6, 6.07) is 10.9. The Morgan fingerprint density at radius 3 is 2.12 bits per heavy atom. The van der Waals surface area contributed by atoms with E-state index in [1.807, 2.05) is 31.2 Å². The Balaban J connectivity index is 2.39. The fourth-order valence-corrected chi connectivity index (χ4v) is 3.03. The fraction of sp³-hybridized carbons (Fsp3) is 0.200. The molecule has 4 nitrogen and oxygen atoms in total. The highest BCUT2D eigenvalue weighted by Gasteiger charge is 2.15. The van der Waals surface area contributed by atoms with Gasteiger partial charge in [-0.15, -0.1) is 0 Å². The summed E-state index contributed by atoms with van der Waals surface area (Å²) in [5, 5.41) is 21.8. The lowest BCUT2D eigenvalue weighted by molar-refractivity contribution is 0.373. The predicted molar refractivity (Wildman–Crippen MR) is 95.3 cm³/mol. The van der Waals surface area contributed by atoms with Crippen molar-refractivity contribution in [2.75, 3.05) is 14.2 Å². The first-order valence-corrected chi connectivity index (χ1v) is 7.64. The summed E-state index contributed by atoms with van der Waals surface area (Å²) in [7, 11) is 3.06. The molecule has 0 saturated heterocycles. The summed E-state index contributed by atoms with van der Waals surface area (Å²) >= 11 is 0. The lowest BCUT2D eigenvalue weighted by Gasteiger charge is -2.16. The number of ether oxygens (including phenoxy) is 2. The molecule has 2 N–H and O–H groups in total. The van der Waals surface area contributed by atoms with Crippen LogP contribution in [0.15, 0.2) is 36.4 Å². The van der Waals surface area contributed by atoms with Gasteiger partial charge in [-0.25, -0.2) is 0 Å². The van der Waals surface area contributed by atoms with Gasteiger partial charge in [-0.3, -0.25) is 0 Å². The third kappa shape index (κ3) is 2.50. The molecule has 0 spiro atoms. The van der Waals surface area contributed by atoms with Crippen molar-refractivity contribution in [3.05, 3.63) is 47.5 Å². The first kappa shape index (κ1) is 16.0. The van der Waals surface area contributed by atoms with Gasteiger partial charge in [0.2, 0.25) is 0 Å². The van der Waals surface area contributed by atoms with Crippen LogP contribution in [0.2, 0.25) is 0 Å². The molecule has 0 aromatic heterocycles. The average molecular weight is 324 g/mol. The summed E-state index contributed by atoms with van der Waals surface area (Å²) in [4.78, 5) is 0. The maximum Gasteiger partial charge on any atom is 0.161 e. The Morgan fingerprint density at radius 1 is 0.792 bits per heavy atom. The maximum absolute atomic E-state index is 10.1. The van der Waals surface area contributed by atoms with E-state index >= 15 is 0 Å². The second-order valence-corrected chi connectivity index (χ2v) is 5.83. The van der Waals surface area contributed by atoms with Gasteiger partial charge in [-0.1, -0.05) is 12.1 Å². The van der Waals surface area contributed by atoms with Crippen LogP contribution in [0.25, 0.3) is 21.9 Å². The van der Waals surface area contributed by atoms with E-state index in [-0.39, 0.29) is 11.5 Å². The standard InChI is InChI=1S/C20H20O4/c1-11-7-14-8-17(22)19(24-4)10-15(14)20(12(11)2)13-5-6-16(21)18(9-13)23-3/h5-10,21-22H,1-4H3. The van der Waals surface area contributed by atoms with Crippen LogP contribution in [-0.2, 0) is 0 Å². The molecule has 0 aliphatic rings. The minimum absolute atomic E-state index is 0.103. The van der Waals surface area contributed by atoms with Crippen LogP contribution in [0.1, 0.15) is 11.1 Å². The van der Waals surface area contributed by atoms with Crippen molar-refractivity contribution in [2.45, 2.75) is 13.8 Å². The molecule has 0 aliphatic heterocycles. The molecule has 0 saturated carbocycles. The average Bonchev–Trinajstić information content (AvgIpc) is 2.57. The van der Waals surface area contributed by atoms with Gasteiger partial charge >= 0.3 is 0 Å². The van der Waals surface area contributed by atoms with Crippen molar-refractivity contribution in [3.63, 3.8) is 0 Å². The van der Waals surface area contributed by atoms with Gasteiger partial charge in [0.15, 0.2) is 23.0 Å². The van der Waals surface area contributed by atoms with Gasteiger partial charge < -0.3 is 19.7 Å². The number of hydrogen-bond acceptors (Lipinski definition) is 4. The van der Waals surface area contributed by atoms with Crippen LogP contribution in [0.5, 0.6) is 23.0 Å². The first-order valence-electron chi connectivity index (χ1n) is 7.64. The number of benzene rings is 3. The fourth-order valence-electron chi connectivity index (χ4n) is 3.03. The number of phenolic OH excluding ortho intramolecular Hbond substituents is 2. The molecule has 0 unspecified atom stereocenters. The smallest absolute Gasteiger partial charge is 0.161 e. The third-order valence-corrected chi connectivity index (χ3v) is 4.43.